The second kappa shape index (κ2) is 8.33. The lowest BCUT2D eigenvalue weighted by atomic mass is 9.97. The van der Waals surface area contributed by atoms with E-state index >= 15 is 0 Å². The van der Waals surface area contributed by atoms with Crippen LogP contribution in [0.2, 0.25) is 5.15 Å². The molecule has 2 heterocycles. The summed E-state index contributed by atoms with van der Waals surface area (Å²) >= 11 is 7.65. The van der Waals surface area contributed by atoms with Gasteiger partial charge in [0, 0.05) is 17.7 Å². The predicted molar refractivity (Wildman–Crippen MR) is 106 cm³/mol. The normalized spacial score (nSPS) is 18.9. The highest BCUT2D eigenvalue weighted by molar-refractivity contribution is 8.00. The number of nitrogens with one attached hydrogen (secondary N) is 2. The summed E-state index contributed by atoms with van der Waals surface area (Å²) in [6.07, 6.45) is 7.45. The van der Waals surface area contributed by atoms with Crippen LogP contribution >= 0.6 is 23.4 Å². The number of ether oxygens (including phenoxy) is 1. The van der Waals surface area contributed by atoms with Crippen molar-refractivity contribution in [1.82, 2.24) is 15.6 Å². The molecule has 26 heavy (non-hydrogen) atoms. The van der Waals surface area contributed by atoms with Crippen LogP contribution in [0.3, 0.4) is 0 Å². The first kappa shape index (κ1) is 19.1. The fourth-order valence-electron chi connectivity index (χ4n) is 2.84. The molecule has 0 spiro atoms. The predicted octanol–water partition coefficient (Wildman–Crippen LogP) is 2.50. The van der Waals surface area contributed by atoms with E-state index in [-0.39, 0.29) is 16.7 Å². The van der Waals surface area contributed by atoms with Gasteiger partial charge in [-0.25, -0.2) is 4.98 Å². The molecule has 6 nitrogen and oxygen atoms in total. The average molecular weight is 395 g/mol. The molecule has 2 aliphatic rings. The molecule has 4 N–H and O–H groups in total. The van der Waals surface area contributed by atoms with Crippen molar-refractivity contribution < 1.29 is 9.53 Å². The molecule has 1 amide bonds. The number of halogens is 1. The van der Waals surface area contributed by atoms with Crippen LogP contribution in [-0.4, -0.2) is 35.3 Å². The van der Waals surface area contributed by atoms with Crippen molar-refractivity contribution in [3.8, 4) is 5.75 Å². The van der Waals surface area contributed by atoms with Gasteiger partial charge in [0.1, 0.15) is 10.9 Å². The minimum Gasteiger partial charge on any atom is -0.494 e. The highest BCUT2D eigenvalue weighted by Crippen LogP contribution is 2.37. The first-order valence-electron chi connectivity index (χ1n) is 8.54. The van der Waals surface area contributed by atoms with E-state index < -0.39 is 0 Å². The smallest absolute Gasteiger partial charge is 0.252 e. The third-order valence-corrected chi connectivity index (χ3v) is 5.81. The van der Waals surface area contributed by atoms with Crippen molar-refractivity contribution >= 4 is 34.8 Å². The highest BCUT2D eigenvalue weighted by Gasteiger charge is 2.30. The Kier molecular flexibility index (Phi) is 6.11. The molecule has 1 aliphatic carbocycles. The molecule has 3 rings (SSSR count). The van der Waals surface area contributed by atoms with Crippen molar-refractivity contribution in [2.45, 2.75) is 30.5 Å². The first-order chi connectivity index (χ1) is 12.5. The lowest BCUT2D eigenvalue weighted by molar-refractivity contribution is -0.117. The van der Waals surface area contributed by atoms with E-state index in [1.54, 1.807) is 43.4 Å². The Balaban J connectivity index is 1.81. The number of nitrogens with two attached hydrogens (primary N) is 1. The lowest BCUT2D eigenvalue weighted by Crippen LogP contribution is -2.36. The zero-order valence-electron chi connectivity index (χ0n) is 14.8. The number of dihydropyridines is 1. The zero-order chi connectivity index (χ0) is 18.7. The molecular weight excluding hydrogens is 372 g/mol. The van der Waals surface area contributed by atoms with Crippen LogP contribution in [0.1, 0.15) is 25.3 Å². The van der Waals surface area contributed by atoms with Crippen molar-refractivity contribution in [2.75, 3.05) is 13.7 Å². The van der Waals surface area contributed by atoms with Gasteiger partial charge in [0.25, 0.3) is 5.91 Å². The molecule has 8 heteroatoms. The van der Waals surface area contributed by atoms with Crippen LogP contribution in [0, 0.1) is 5.92 Å². The molecule has 0 aromatic carbocycles. The topological polar surface area (TPSA) is 89.3 Å². The molecular formula is C18H23ClN4O2S. The van der Waals surface area contributed by atoms with Gasteiger partial charge in [0.15, 0.2) is 0 Å². The number of hydrogen-bond donors (Lipinski definition) is 3. The number of pyridine rings is 1. The van der Waals surface area contributed by atoms with Gasteiger partial charge < -0.3 is 21.1 Å². The van der Waals surface area contributed by atoms with Crippen LogP contribution in [0.25, 0.3) is 5.57 Å². The number of amides is 1. The van der Waals surface area contributed by atoms with E-state index in [1.807, 2.05) is 6.92 Å². The summed E-state index contributed by atoms with van der Waals surface area (Å²) < 4.78 is 5.39. The maximum Gasteiger partial charge on any atom is 0.252 e. The lowest BCUT2D eigenvalue weighted by Gasteiger charge is -2.22. The Labute approximate surface area is 162 Å². The van der Waals surface area contributed by atoms with E-state index in [0.717, 1.165) is 11.1 Å². The molecule has 1 saturated carbocycles. The van der Waals surface area contributed by atoms with Gasteiger partial charge in [-0.2, -0.15) is 0 Å². The number of carbonyl (C=O) groups excluding carboxylic acids is 1. The van der Waals surface area contributed by atoms with Crippen LogP contribution in [-0.2, 0) is 4.79 Å². The fourth-order valence-corrected chi connectivity index (χ4v) is 4.13. The average Bonchev–Trinajstić information content (AvgIpc) is 3.46. The van der Waals surface area contributed by atoms with E-state index in [2.05, 4.69) is 15.6 Å². The SMILES string of the molecule is COc1cnc(Cl)cc1C1=C(C(=O)NC(C)SC(N)C2CC2)C=CNC1. The van der Waals surface area contributed by atoms with Crippen molar-refractivity contribution in [1.29, 1.82) is 0 Å². The van der Waals surface area contributed by atoms with Crippen molar-refractivity contribution in [3.05, 3.63) is 40.8 Å². The van der Waals surface area contributed by atoms with Crippen molar-refractivity contribution in [2.24, 2.45) is 11.7 Å². The molecule has 1 aromatic heterocycles. The van der Waals surface area contributed by atoms with Crippen LogP contribution in [0.4, 0.5) is 0 Å². The Morgan fingerprint density at radius 2 is 2.31 bits per heavy atom. The van der Waals surface area contributed by atoms with Gasteiger partial charge in [-0.1, -0.05) is 11.6 Å². The van der Waals surface area contributed by atoms with Gasteiger partial charge in [-0.05, 0) is 49.6 Å². The largest absolute Gasteiger partial charge is 0.494 e. The molecule has 1 aliphatic heterocycles. The molecule has 2 unspecified atom stereocenters. The maximum atomic E-state index is 12.9. The van der Waals surface area contributed by atoms with Crippen LogP contribution < -0.4 is 21.1 Å². The quantitative estimate of drug-likeness (QED) is 0.486. The number of nitrogens with zero attached hydrogens (tertiary/aromatic N) is 1. The first-order valence-corrected chi connectivity index (χ1v) is 9.86. The molecule has 0 bridgehead atoms. The van der Waals surface area contributed by atoms with E-state index in [1.165, 1.54) is 12.8 Å². The Bertz CT molecular complexity index is 749. The Hall–Kier alpha value is -1.70. The van der Waals surface area contributed by atoms with Gasteiger partial charge >= 0.3 is 0 Å². The van der Waals surface area contributed by atoms with Crippen LogP contribution in [0.15, 0.2) is 30.1 Å². The zero-order valence-corrected chi connectivity index (χ0v) is 16.4. The molecule has 140 valence electrons. The fraction of sp³-hybridized carbons (Fsp3) is 0.444. The summed E-state index contributed by atoms with van der Waals surface area (Å²) in [6.45, 7) is 2.46. The molecule has 2 atom stereocenters. The monoisotopic (exact) mass is 394 g/mol. The summed E-state index contributed by atoms with van der Waals surface area (Å²) in [7, 11) is 1.57. The number of hydrogen-bond acceptors (Lipinski definition) is 6. The maximum absolute atomic E-state index is 12.9. The standard InChI is InChI=1S/C18H23ClN4O2S/c1-10(26-17(20)11-3-4-11)23-18(24)12-5-6-21-8-14(12)13-7-16(19)22-9-15(13)25-2/h5-7,9-11,17,21H,3-4,8,20H2,1-2H3,(H,23,24). The molecule has 1 fully saturated rings. The second-order valence-corrected chi connectivity index (χ2v) is 8.28. The minimum absolute atomic E-state index is 0.0708. The van der Waals surface area contributed by atoms with Gasteiger partial charge in [-0.3, -0.25) is 4.79 Å². The summed E-state index contributed by atoms with van der Waals surface area (Å²) in [5.74, 6) is 1.01. The van der Waals surface area contributed by atoms with Gasteiger partial charge in [-0.15, -0.1) is 11.8 Å². The van der Waals surface area contributed by atoms with E-state index in [4.69, 9.17) is 22.1 Å². The van der Waals surface area contributed by atoms with Crippen molar-refractivity contribution in [3.63, 3.8) is 0 Å². The number of methoxy groups -OCH3 is 1. The third-order valence-electron chi connectivity index (χ3n) is 4.38. The summed E-state index contributed by atoms with van der Waals surface area (Å²) in [5, 5.41) is 6.52. The molecule has 0 radical (unpaired) electrons. The second-order valence-electron chi connectivity index (χ2n) is 6.37. The highest BCUT2D eigenvalue weighted by atomic mass is 35.5. The van der Waals surface area contributed by atoms with E-state index in [9.17, 15) is 4.79 Å². The minimum atomic E-state index is -0.143. The summed E-state index contributed by atoms with van der Waals surface area (Å²) in [6, 6.07) is 1.71. The Morgan fingerprint density at radius 1 is 1.54 bits per heavy atom. The number of aromatic nitrogens is 1. The van der Waals surface area contributed by atoms with Gasteiger partial charge in [0.05, 0.1) is 24.1 Å². The molecule has 1 aromatic rings. The Morgan fingerprint density at radius 3 is 3.00 bits per heavy atom. The van der Waals surface area contributed by atoms with Gasteiger partial charge in [0.2, 0.25) is 0 Å². The third kappa shape index (κ3) is 4.52. The molecule has 0 saturated heterocycles. The number of carbonyl (C=O) groups is 1. The summed E-state index contributed by atoms with van der Waals surface area (Å²) in [4.78, 5) is 16.9. The summed E-state index contributed by atoms with van der Waals surface area (Å²) in [5.41, 5.74) is 8.29. The van der Waals surface area contributed by atoms with E-state index in [0.29, 0.717) is 28.9 Å². The number of thioether (sulfide) groups is 1. The van der Waals surface area contributed by atoms with Crippen LogP contribution in [0.5, 0.6) is 5.75 Å². The number of rotatable bonds is 7.